The monoisotopic (exact) mass is 366 g/mol. The van der Waals surface area contributed by atoms with Gasteiger partial charge in [0.25, 0.3) is 0 Å². The average molecular weight is 367 g/mol. The Kier molecular flexibility index (Phi) is 14.0. The number of unbranched alkanes of at least 4 members (excludes halogenated alkanes) is 13. The molecule has 0 aromatic carbocycles. The molecule has 0 unspecified atom stereocenters. The van der Waals surface area contributed by atoms with Crippen molar-refractivity contribution in [3.8, 4) is 0 Å². The van der Waals surface area contributed by atoms with E-state index in [-0.39, 0.29) is 5.41 Å². The van der Waals surface area contributed by atoms with Gasteiger partial charge in [-0.1, -0.05) is 116 Å². The van der Waals surface area contributed by atoms with Crippen LogP contribution in [-0.4, -0.2) is 11.1 Å². The van der Waals surface area contributed by atoms with Crippen LogP contribution >= 0.6 is 0 Å². The van der Waals surface area contributed by atoms with Crippen LogP contribution in [0.3, 0.4) is 0 Å². The Morgan fingerprint density at radius 3 is 1.54 bits per heavy atom. The highest BCUT2D eigenvalue weighted by atomic mass is 16.4. The van der Waals surface area contributed by atoms with Gasteiger partial charge in [-0.15, -0.1) is 0 Å². The Morgan fingerprint density at radius 1 is 0.692 bits per heavy atom. The van der Waals surface area contributed by atoms with Gasteiger partial charge in [-0.2, -0.15) is 0 Å². The fourth-order valence-electron chi connectivity index (χ4n) is 4.83. The van der Waals surface area contributed by atoms with E-state index in [1.807, 2.05) is 0 Å². The zero-order valence-corrected chi connectivity index (χ0v) is 17.7. The van der Waals surface area contributed by atoms with Gasteiger partial charge in [-0.25, -0.2) is 0 Å². The first-order valence-corrected chi connectivity index (χ1v) is 11.9. The molecule has 0 aliphatic heterocycles. The summed E-state index contributed by atoms with van der Waals surface area (Å²) < 4.78 is 0. The van der Waals surface area contributed by atoms with Crippen molar-refractivity contribution in [1.29, 1.82) is 0 Å². The van der Waals surface area contributed by atoms with E-state index in [9.17, 15) is 9.90 Å². The van der Waals surface area contributed by atoms with Gasteiger partial charge in [0.05, 0.1) is 6.42 Å². The number of carboxylic acids is 1. The molecule has 1 fully saturated rings. The van der Waals surface area contributed by atoms with Crippen LogP contribution in [0.2, 0.25) is 0 Å². The summed E-state index contributed by atoms with van der Waals surface area (Å²) in [5, 5.41) is 9.25. The van der Waals surface area contributed by atoms with Gasteiger partial charge in [-0.05, 0) is 24.7 Å². The molecule has 2 heteroatoms. The zero-order valence-electron chi connectivity index (χ0n) is 17.7. The fraction of sp³-hybridized carbons (Fsp3) is 0.958. The van der Waals surface area contributed by atoms with Crippen LogP contribution in [-0.2, 0) is 4.79 Å². The largest absolute Gasteiger partial charge is 0.481 e. The summed E-state index contributed by atoms with van der Waals surface area (Å²) in [6, 6.07) is 0. The van der Waals surface area contributed by atoms with Gasteiger partial charge in [0.15, 0.2) is 0 Å². The molecule has 0 saturated heterocycles. The van der Waals surface area contributed by atoms with Crippen molar-refractivity contribution in [3.05, 3.63) is 0 Å². The van der Waals surface area contributed by atoms with Crippen LogP contribution in [0.4, 0.5) is 0 Å². The molecular weight excluding hydrogens is 320 g/mol. The maximum absolute atomic E-state index is 11.2. The summed E-state index contributed by atoms with van der Waals surface area (Å²) in [6.07, 6.45) is 27.1. The second-order valence-electron chi connectivity index (χ2n) is 8.98. The molecule has 154 valence electrons. The molecule has 0 atom stereocenters. The van der Waals surface area contributed by atoms with Crippen LogP contribution < -0.4 is 0 Å². The summed E-state index contributed by atoms with van der Waals surface area (Å²) in [7, 11) is 0. The predicted molar refractivity (Wildman–Crippen MR) is 113 cm³/mol. The first kappa shape index (κ1) is 23.5. The standard InChI is InChI=1S/C24H46O2/c1-2-3-4-5-6-7-8-9-10-11-12-13-14-16-19-24(22-23(25)26)20-17-15-18-21-24/h2-22H2,1H3,(H,25,26). The van der Waals surface area contributed by atoms with Crippen molar-refractivity contribution in [1.82, 2.24) is 0 Å². The number of carboxylic acid groups (broad SMARTS) is 1. The molecule has 1 aliphatic rings. The smallest absolute Gasteiger partial charge is 0.303 e. The van der Waals surface area contributed by atoms with Crippen molar-refractivity contribution in [2.45, 2.75) is 142 Å². The van der Waals surface area contributed by atoms with E-state index in [2.05, 4.69) is 6.92 Å². The molecule has 0 spiro atoms. The van der Waals surface area contributed by atoms with Crippen molar-refractivity contribution < 1.29 is 9.90 Å². The van der Waals surface area contributed by atoms with Crippen LogP contribution in [0.5, 0.6) is 0 Å². The normalized spacial score (nSPS) is 16.7. The Hall–Kier alpha value is -0.530. The van der Waals surface area contributed by atoms with E-state index >= 15 is 0 Å². The lowest BCUT2D eigenvalue weighted by Gasteiger charge is -2.36. The van der Waals surface area contributed by atoms with Crippen molar-refractivity contribution >= 4 is 5.97 Å². The van der Waals surface area contributed by atoms with E-state index in [1.165, 1.54) is 109 Å². The number of rotatable bonds is 17. The maximum atomic E-state index is 11.2. The molecule has 0 aromatic heterocycles. The molecule has 26 heavy (non-hydrogen) atoms. The predicted octanol–water partition coefficient (Wildman–Crippen LogP) is 8.28. The van der Waals surface area contributed by atoms with Crippen LogP contribution in [0.15, 0.2) is 0 Å². The van der Waals surface area contributed by atoms with E-state index in [1.54, 1.807) is 0 Å². The van der Waals surface area contributed by atoms with Gasteiger partial charge in [0.1, 0.15) is 0 Å². The maximum Gasteiger partial charge on any atom is 0.303 e. The molecule has 0 radical (unpaired) electrons. The van der Waals surface area contributed by atoms with Crippen molar-refractivity contribution in [2.75, 3.05) is 0 Å². The molecule has 0 amide bonds. The summed E-state index contributed by atoms with van der Waals surface area (Å²) in [4.78, 5) is 11.2. The van der Waals surface area contributed by atoms with Crippen molar-refractivity contribution in [2.24, 2.45) is 5.41 Å². The molecule has 1 aliphatic carbocycles. The molecule has 1 N–H and O–H groups in total. The van der Waals surface area contributed by atoms with Gasteiger partial charge < -0.3 is 5.11 Å². The van der Waals surface area contributed by atoms with Gasteiger partial charge in [-0.3, -0.25) is 4.79 Å². The second-order valence-corrected chi connectivity index (χ2v) is 8.98. The number of carbonyl (C=O) groups is 1. The molecule has 1 rings (SSSR count). The molecule has 2 nitrogen and oxygen atoms in total. The van der Waals surface area contributed by atoms with Gasteiger partial charge in [0, 0.05) is 0 Å². The Balaban J connectivity index is 1.91. The first-order valence-electron chi connectivity index (χ1n) is 11.9. The Labute approximate surface area is 163 Å². The van der Waals surface area contributed by atoms with Gasteiger partial charge >= 0.3 is 5.97 Å². The summed E-state index contributed by atoms with van der Waals surface area (Å²) in [5.74, 6) is -0.586. The number of hydrogen-bond donors (Lipinski definition) is 1. The van der Waals surface area contributed by atoms with E-state index < -0.39 is 5.97 Å². The first-order chi connectivity index (χ1) is 12.7. The van der Waals surface area contributed by atoms with Gasteiger partial charge in [0.2, 0.25) is 0 Å². The Bertz CT molecular complexity index is 331. The fourth-order valence-corrected chi connectivity index (χ4v) is 4.83. The Morgan fingerprint density at radius 2 is 1.12 bits per heavy atom. The molecule has 0 bridgehead atoms. The highest BCUT2D eigenvalue weighted by Gasteiger charge is 2.33. The summed E-state index contributed by atoms with van der Waals surface area (Å²) in [5.41, 5.74) is 0.140. The quantitative estimate of drug-likeness (QED) is 0.263. The third-order valence-corrected chi connectivity index (χ3v) is 6.50. The SMILES string of the molecule is CCCCCCCCCCCCCCCCC1(CC(=O)O)CCCCC1. The molecule has 0 heterocycles. The minimum absolute atomic E-state index is 0.140. The van der Waals surface area contributed by atoms with Crippen LogP contribution in [0.1, 0.15) is 142 Å². The van der Waals surface area contributed by atoms with E-state index in [4.69, 9.17) is 0 Å². The summed E-state index contributed by atoms with van der Waals surface area (Å²) >= 11 is 0. The minimum Gasteiger partial charge on any atom is -0.481 e. The highest BCUT2D eigenvalue weighted by molar-refractivity contribution is 5.67. The average Bonchev–Trinajstić information content (AvgIpc) is 2.62. The highest BCUT2D eigenvalue weighted by Crippen LogP contribution is 2.43. The van der Waals surface area contributed by atoms with E-state index in [0.29, 0.717) is 6.42 Å². The van der Waals surface area contributed by atoms with Crippen LogP contribution in [0.25, 0.3) is 0 Å². The van der Waals surface area contributed by atoms with E-state index in [0.717, 1.165) is 19.3 Å². The van der Waals surface area contributed by atoms with Crippen LogP contribution in [0, 0.1) is 5.41 Å². The summed E-state index contributed by atoms with van der Waals surface area (Å²) in [6.45, 7) is 2.28. The molecule has 1 saturated carbocycles. The van der Waals surface area contributed by atoms with Crippen molar-refractivity contribution in [3.63, 3.8) is 0 Å². The zero-order chi connectivity index (χ0) is 18.9. The minimum atomic E-state index is -0.586. The lowest BCUT2D eigenvalue weighted by atomic mass is 9.69. The third-order valence-electron chi connectivity index (χ3n) is 6.50. The third kappa shape index (κ3) is 12.0. The number of aliphatic carboxylic acids is 1. The topological polar surface area (TPSA) is 37.3 Å². The molecular formula is C24H46O2. The lowest BCUT2D eigenvalue weighted by Crippen LogP contribution is -2.27. The lowest BCUT2D eigenvalue weighted by molar-refractivity contribution is -0.140. The molecule has 0 aromatic rings. The number of hydrogen-bond acceptors (Lipinski definition) is 1. The second kappa shape index (κ2) is 15.5.